The summed E-state index contributed by atoms with van der Waals surface area (Å²) in [5.74, 6) is 8.75. The second-order valence-corrected chi connectivity index (χ2v) is 9.29. The fourth-order valence-electron chi connectivity index (χ4n) is 7.56. The maximum Gasteiger partial charge on any atom is -0.0352 e. The van der Waals surface area contributed by atoms with Crippen molar-refractivity contribution in [3.63, 3.8) is 0 Å². The minimum absolute atomic E-state index is 1.03. The summed E-state index contributed by atoms with van der Waals surface area (Å²) in [5.41, 5.74) is 0. The highest BCUT2D eigenvalue weighted by Gasteiger charge is 2.48. The summed E-state index contributed by atoms with van der Waals surface area (Å²) in [7, 11) is 0. The monoisotopic (exact) mass is 288 g/mol. The summed E-state index contributed by atoms with van der Waals surface area (Å²) in [4.78, 5) is 0. The normalized spacial score (nSPS) is 54.0. The Hall–Kier alpha value is 0. The smallest absolute Gasteiger partial charge is 0.0352 e. The van der Waals surface area contributed by atoms with Crippen LogP contribution in [-0.4, -0.2) is 0 Å². The van der Waals surface area contributed by atoms with Gasteiger partial charge in [-0.05, 0) is 85.9 Å². The molecular weight excluding hydrogens is 252 g/mol. The van der Waals surface area contributed by atoms with Crippen LogP contribution in [0.2, 0.25) is 0 Å². The van der Waals surface area contributed by atoms with E-state index in [1.807, 2.05) is 0 Å². The second kappa shape index (κ2) is 5.89. The molecule has 21 heavy (non-hydrogen) atoms. The van der Waals surface area contributed by atoms with Crippen molar-refractivity contribution in [2.45, 2.75) is 84.5 Å². The minimum atomic E-state index is 1.03. The Morgan fingerprint density at radius 1 is 0.476 bits per heavy atom. The summed E-state index contributed by atoms with van der Waals surface area (Å²) in [6, 6.07) is 0. The molecule has 0 spiro atoms. The molecule has 0 aliphatic heterocycles. The van der Waals surface area contributed by atoms with Crippen molar-refractivity contribution >= 4 is 0 Å². The molecule has 4 aliphatic rings. The Labute approximate surface area is 132 Å². The zero-order chi connectivity index (χ0) is 14.4. The van der Waals surface area contributed by atoms with Crippen LogP contribution in [-0.2, 0) is 0 Å². The van der Waals surface area contributed by atoms with E-state index in [1.165, 1.54) is 19.3 Å². The first-order valence-electron chi connectivity index (χ1n) is 10.3. The van der Waals surface area contributed by atoms with E-state index in [0.29, 0.717) is 0 Å². The molecule has 0 aromatic rings. The molecule has 4 saturated carbocycles. The molecule has 0 saturated heterocycles. The van der Waals surface area contributed by atoms with Crippen molar-refractivity contribution in [2.24, 2.45) is 47.3 Å². The Morgan fingerprint density at radius 3 is 1.95 bits per heavy atom. The largest absolute Gasteiger partial charge is 0.0622 e. The zero-order valence-electron chi connectivity index (χ0n) is 14.4. The summed E-state index contributed by atoms with van der Waals surface area (Å²) < 4.78 is 0. The van der Waals surface area contributed by atoms with Gasteiger partial charge < -0.3 is 0 Å². The van der Waals surface area contributed by atoms with Crippen molar-refractivity contribution in [3.05, 3.63) is 0 Å². The van der Waals surface area contributed by atoms with Gasteiger partial charge in [0.05, 0.1) is 0 Å². The quantitative estimate of drug-likeness (QED) is 0.531. The lowest BCUT2D eigenvalue weighted by atomic mass is 9.52. The molecule has 0 aromatic heterocycles. The molecule has 0 N–H and O–H groups in total. The molecule has 0 aromatic carbocycles. The Balaban J connectivity index is 1.49. The van der Waals surface area contributed by atoms with Gasteiger partial charge in [0.15, 0.2) is 0 Å². The van der Waals surface area contributed by atoms with Gasteiger partial charge in [-0.25, -0.2) is 0 Å². The van der Waals surface area contributed by atoms with Crippen LogP contribution in [0.3, 0.4) is 0 Å². The molecule has 4 fully saturated rings. The van der Waals surface area contributed by atoms with E-state index < -0.39 is 0 Å². The fraction of sp³-hybridized carbons (Fsp3) is 1.00. The van der Waals surface area contributed by atoms with Crippen LogP contribution in [0, 0.1) is 47.3 Å². The third-order valence-corrected chi connectivity index (χ3v) is 8.60. The van der Waals surface area contributed by atoms with Gasteiger partial charge in [-0.1, -0.05) is 46.0 Å². The zero-order valence-corrected chi connectivity index (χ0v) is 14.4. The first-order chi connectivity index (χ1) is 10.3. The predicted octanol–water partition coefficient (Wildman–Crippen LogP) is 6.30. The highest BCUT2D eigenvalue weighted by atomic mass is 14.5. The fourth-order valence-corrected chi connectivity index (χ4v) is 7.56. The summed E-state index contributed by atoms with van der Waals surface area (Å²) >= 11 is 0. The van der Waals surface area contributed by atoms with Crippen molar-refractivity contribution in [1.29, 1.82) is 0 Å². The van der Waals surface area contributed by atoms with Crippen LogP contribution in [0.4, 0.5) is 0 Å². The van der Waals surface area contributed by atoms with Gasteiger partial charge in [0.25, 0.3) is 0 Å². The average molecular weight is 289 g/mol. The van der Waals surface area contributed by atoms with E-state index in [1.54, 1.807) is 51.4 Å². The van der Waals surface area contributed by atoms with Crippen molar-refractivity contribution in [2.75, 3.05) is 0 Å². The maximum atomic E-state index is 2.66. The second-order valence-electron chi connectivity index (χ2n) is 9.29. The topological polar surface area (TPSA) is 0 Å². The average Bonchev–Trinajstić information content (AvgIpc) is 2.93. The van der Waals surface area contributed by atoms with Gasteiger partial charge in [0.2, 0.25) is 0 Å². The molecular formula is C21H36. The van der Waals surface area contributed by atoms with Gasteiger partial charge in [0, 0.05) is 0 Å². The Kier molecular flexibility index (Phi) is 4.09. The summed E-state index contributed by atoms with van der Waals surface area (Å²) in [5, 5.41) is 0. The molecule has 0 heterocycles. The lowest BCUT2D eigenvalue weighted by molar-refractivity contribution is -0.0387. The van der Waals surface area contributed by atoms with Crippen LogP contribution < -0.4 is 0 Å². The van der Waals surface area contributed by atoms with Gasteiger partial charge in [0.1, 0.15) is 0 Å². The Bertz CT molecular complexity index is 359. The molecule has 0 bridgehead atoms. The Morgan fingerprint density at radius 2 is 1.14 bits per heavy atom. The molecule has 8 unspecified atom stereocenters. The number of hydrogen-bond donors (Lipinski definition) is 0. The molecule has 8 atom stereocenters. The summed E-state index contributed by atoms with van der Waals surface area (Å²) in [6.07, 6.45) is 17.2. The third kappa shape index (κ3) is 2.49. The first kappa shape index (κ1) is 14.6. The van der Waals surface area contributed by atoms with Crippen LogP contribution in [0.15, 0.2) is 0 Å². The molecule has 0 nitrogen and oxygen atoms in total. The third-order valence-electron chi connectivity index (χ3n) is 8.60. The number of hydrogen-bond acceptors (Lipinski definition) is 0. The van der Waals surface area contributed by atoms with Gasteiger partial charge in [-0.3, -0.25) is 0 Å². The predicted molar refractivity (Wildman–Crippen MR) is 90.1 cm³/mol. The molecule has 0 heteroatoms. The van der Waals surface area contributed by atoms with E-state index in [0.717, 1.165) is 47.3 Å². The maximum absolute atomic E-state index is 2.66. The highest BCUT2D eigenvalue weighted by molar-refractivity contribution is 4.97. The standard InChI is InChI=1S/C21H36/c1-14-6-5-9-17(14)18-12-13-21-19(15(18)2)11-10-16-7-3-4-8-20(16)21/h14-21H,3-13H2,1-2H3. The number of rotatable bonds is 1. The van der Waals surface area contributed by atoms with Gasteiger partial charge >= 0.3 is 0 Å². The highest BCUT2D eigenvalue weighted by Crippen LogP contribution is 2.57. The van der Waals surface area contributed by atoms with E-state index >= 15 is 0 Å². The molecule has 0 radical (unpaired) electrons. The first-order valence-corrected chi connectivity index (χ1v) is 10.3. The van der Waals surface area contributed by atoms with Gasteiger partial charge in [-0.15, -0.1) is 0 Å². The van der Waals surface area contributed by atoms with Crippen molar-refractivity contribution < 1.29 is 0 Å². The SMILES string of the molecule is CC1CCCC1C1CCC2C3CCCCC3CCC2C1C. The van der Waals surface area contributed by atoms with Crippen molar-refractivity contribution in [3.8, 4) is 0 Å². The van der Waals surface area contributed by atoms with Crippen molar-refractivity contribution in [1.82, 2.24) is 0 Å². The molecule has 4 aliphatic carbocycles. The van der Waals surface area contributed by atoms with Crippen LogP contribution in [0.5, 0.6) is 0 Å². The van der Waals surface area contributed by atoms with Crippen LogP contribution in [0.25, 0.3) is 0 Å². The van der Waals surface area contributed by atoms with E-state index in [4.69, 9.17) is 0 Å². The van der Waals surface area contributed by atoms with Gasteiger partial charge in [-0.2, -0.15) is 0 Å². The number of fused-ring (bicyclic) bond motifs is 3. The van der Waals surface area contributed by atoms with E-state index in [2.05, 4.69) is 13.8 Å². The molecule has 120 valence electrons. The summed E-state index contributed by atoms with van der Waals surface area (Å²) in [6.45, 7) is 5.21. The van der Waals surface area contributed by atoms with Crippen LogP contribution >= 0.6 is 0 Å². The lowest BCUT2D eigenvalue weighted by Gasteiger charge is -2.53. The lowest BCUT2D eigenvalue weighted by Crippen LogP contribution is -2.45. The molecule has 0 amide bonds. The minimum Gasteiger partial charge on any atom is -0.0622 e. The van der Waals surface area contributed by atoms with Crippen LogP contribution in [0.1, 0.15) is 84.5 Å². The van der Waals surface area contributed by atoms with E-state index in [9.17, 15) is 0 Å². The van der Waals surface area contributed by atoms with E-state index in [-0.39, 0.29) is 0 Å². The molecule has 4 rings (SSSR count).